The molecule has 5 aromatic heterocycles. The summed E-state index contributed by atoms with van der Waals surface area (Å²) in [5, 5.41) is 15.0. The van der Waals surface area contributed by atoms with Crippen molar-refractivity contribution in [3.05, 3.63) is 418 Å². The zero-order valence-electron chi connectivity index (χ0n) is 86.4. The van der Waals surface area contributed by atoms with Crippen molar-refractivity contribution in [3.63, 3.8) is 0 Å². The SMILES string of the molecule is Cc1ccc2c(c1)C=Cc1c(oc3ccc(C)cc13)N2c1ccccc1C.Cc1ccc2c(c1)CCc1c(oc3ccc(C)cc13)N2c1ccccc1C.Cc1ccc2c(c1)Cc1c(oc3ccc(C)cc13)N2c1c(C)cc(C(C)(C)C)cc1C.Cc1ccc2c(c1)N=Nc1c(oc3ccc(C)cc13)N2c1ccccc1C.Cc1ccc2c(c1)[Se]c1c(oc3ccc(C)cc13)N2c1c(C)cc(C(C)(C)C)cc1C. The summed E-state index contributed by atoms with van der Waals surface area (Å²) in [5.41, 5.74) is 49.8. The van der Waals surface area contributed by atoms with E-state index < -0.39 is 0 Å². The summed E-state index contributed by atoms with van der Waals surface area (Å²) >= 11 is 0.208. The molecule has 0 amide bonds. The van der Waals surface area contributed by atoms with Crippen LogP contribution in [-0.4, -0.2) is 15.0 Å². The van der Waals surface area contributed by atoms with Crippen LogP contribution in [0.3, 0.4) is 0 Å². The van der Waals surface area contributed by atoms with Gasteiger partial charge >= 0.3 is 192 Å². The number of aryl methyl sites for hydroxylation is 19. The molecule has 25 rings (SSSR count). The molecule has 0 saturated heterocycles. The third-order valence-electron chi connectivity index (χ3n) is 28.6. The maximum atomic E-state index is 6.55. The molecule has 0 radical (unpaired) electrons. The number of anilines is 15. The van der Waals surface area contributed by atoms with Crippen molar-refractivity contribution in [2.45, 2.75) is 189 Å². The van der Waals surface area contributed by atoms with Gasteiger partial charge in [0.15, 0.2) is 5.69 Å². The standard InChI is InChI=1S/C29H31NO.C28H29NOSe.C25H23NO.C25H21NO.C23H19N3O/c1-17-8-10-25-21(12-17)16-24-23-13-18(2)9-11-26(23)31-28(24)30(25)27-19(3)14-22(15-20(27)4)29(5,6)7;1-16-9-11-23-21(12-16)26-27(30-23)29(22-10-8-17(2)13-24(22)31-26)25-18(3)14-20(15-19(25)4)28(5,6)7;2*1-16-8-12-23-19(14-16)10-11-20-21-15-17(2)9-13-24(21)27-25(20)26(23)22-7-5-4-6-18(22)3;1-14-9-11-21-17(12-14)22-23(27-21)26(19-7-5-4-6-16(19)3)20-10-8-15(2)13-18(20)24-25-22/h8-15H,16H2,1-7H3;8-15H,1-7H3;4-9,12-15H,10-11H2,1-3H3;4-15H,1-3H3;4-13H,1-3H3. The van der Waals surface area contributed by atoms with Gasteiger partial charge in [0.05, 0.1) is 50.9 Å². The molecule has 0 unspecified atom stereocenters. The van der Waals surface area contributed by atoms with Gasteiger partial charge in [-0.3, -0.25) is 19.6 Å². The fourth-order valence-electron chi connectivity index (χ4n) is 21.2. The molecule has 13 heteroatoms. The van der Waals surface area contributed by atoms with Crippen LogP contribution < -0.4 is 33.4 Å². The first kappa shape index (κ1) is 94.1. The van der Waals surface area contributed by atoms with Crippen molar-refractivity contribution in [2.24, 2.45) is 10.2 Å². The van der Waals surface area contributed by atoms with E-state index in [0.29, 0.717) is 5.88 Å². The summed E-state index contributed by atoms with van der Waals surface area (Å²) in [4.78, 5) is 11.5. The third kappa shape index (κ3) is 17.6. The topological polar surface area (TPSA) is 107 Å². The third-order valence-corrected chi connectivity index (χ3v) is 31.0. The Morgan fingerprint density at radius 1 is 0.266 bits per heavy atom. The molecule has 0 fully saturated rings. The van der Waals surface area contributed by atoms with Crippen LogP contribution in [-0.2, 0) is 30.1 Å². The number of hydrogen-bond acceptors (Lipinski definition) is 12. The predicted octanol–water partition coefficient (Wildman–Crippen LogP) is 36.5. The van der Waals surface area contributed by atoms with E-state index >= 15 is 0 Å². The van der Waals surface area contributed by atoms with Gasteiger partial charge in [-0.15, -0.1) is 10.2 Å². The molecule has 0 bridgehead atoms. The second-order valence-corrected chi connectivity index (χ2v) is 44.3. The van der Waals surface area contributed by atoms with Gasteiger partial charge in [-0.25, -0.2) is 0 Å². The van der Waals surface area contributed by atoms with Crippen LogP contribution in [0.25, 0.3) is 67.0 Å². The van der Waals surface area contributed by atoms with Crippen molar-refractivity contribution in [1.82, 2.24) is 0 Å². The Balaban J connectivity index is 0.000000106. The molecule has 5 aliphatic rings. The van der Waals surface area contributed by atoms with Crippen molar-refractivity contribution in [3.8, 4) is 0 Å². The average Bonchev–Trinajstić information content (AvgIpc) is 1.63. The monoisotopic (exact) mass is 1940 g/mol. The maximum absolute atomic E-state index is 6.55. The molecule has 20 aromatic rings. The van der Waals surface area contributed by atoms with E-state index in [1.807, 2.05) is 18.2 Å². The van der Waals surface area contributed by atoms with E-state index in [-0.39, 0.29) is 25.8 Å². The van der Waals surface area contributed by atoms with Gasteiger partial charge in [-0.2, -0.15) is 0 Å². The van der Waals surface area contributed by atoms with Gasteiger partial charge in [0.25, 0.3) is 0 Å². The number of nitrogens with zero attached hydrogens (tertiary/aromatic N) is 7. The Morgan fingerprint density at radius 3 is 1.17 bits per heavy atom. The first-order chi connectivity index (χ1) is 68.6. The number of hydrogen-bond donors (Lipinski definition) is 0. The van der Waals surface area contributed by atoms with Crippen LogP contribution in [0.4, 0.5) is 97.7 Å². The number of azo groups is 1. The molecule has 12 nitrogen and oxygen atoms in total. The number of furan rings is 5. The van der Waals surface area contributed by atoms with Crippen molar-refractivity contribution >= 4 is 189 Å². The Hall–Kier alpha value is -15.1. The van der Waals surface area contributed by atoms with Gasteiger partial charge in [-0.05, 0) is 273 Å². The quantitative estimate of drug-likeness (QED) is 0.155. The first-order valence-electron chi connectivity index (χ1n) is 49.9. The van der Waals surface area contributed by atoms with E-state index in [1.54, 1.807) is 0 Å². The summed E-state index contributed by atoms with van der Waals surface area (Å²) < 4.78 is 35.0. The molecule has 15 aromatic carbocycles. The molecule has 0 N–H and O–H groups in total. The van der Waals surface area contributed by atoms with E-state index in [9.17, 15) is 0 Å². The van der Waals surface area contributed by atoms with Crippen molar-refractivity contribution in [2.75, 3.05) is 24.5 Å². The molecule has 5 aliphatic heterocycles. The van der Waals surface area contributed by atoms with Crippen LogP contribution in [0.5, 0.6) is 0 Å². The minimum absolute atomic E-state index is 0.118. The van der Waals surface area contributed by atoms with E-state index in [4.69, 9.17) is 22.1 Å². The number of benzene rings is 15. The molecule has 0 atom stereocenters. The van der Waals surface area contributed by atoms with Gasteiger partial charge in [-0.1, -0.05) is 193 Å². The Kier molecular flexibility index (Phi) is 24.4. The zero-order chi connectivity index (χ0) is 99.8. The molecule has 0 aliphatic carbocycles. The Morgan fingerprint density at radius 2 is 0.636 bits per heavy atom. The summed E-state index contributed by atoms with van der Waals surface area (Å²) in [6.07, 6.45) is 7.31. The van der Waals surface area contributed by atoms with E-state index in [1.165, 1.54) is 182 Å². The molecule has 143 heavy (non-hydrogen) atoms. The molecular weight excluding hydrogens is 1820 g/mol. The van der Waals surface area contributed by atoms with E-state index in [2.05, 4.69) is 467 Å². The van der Waals surface area contributed by atoms with Crippen LogP contribution in [0.1, 0.15) is 181 Å². The van der Waals surface area contributed by atoms with E-state index in [0.717, 1.165) is 132 Å². The van der Waals surface area contributed by atoms with Crippen LogP contribution in [0.2, 0.25) is 0 Å². The van der Waals surface area contributed by atoms with Gasteiger partial charge in [0, 0.05) is 39.3 Å². The normalized spacial score (nSPS) is 13.2. The molecular formula is C130H123N7O5Se. The van der Waals surface area contributed by atoms with Crippen molar-refractivity contribution < 1.29 is 22.1 Å². The van der Waals surface area contributed by atoms with Crippen LogP contribution >= 0.6 is 0 Å². The fraction of sp³-hybridized carbons (Fsp3) is 0.215. The summed E-state index contributed by atoms with van der Waals surface area (Å²) in [7, 11) is 0. The fourth-order valence-corrected chi connectivity index (χ4v) is 23.7. The minimum atomic E-state index is 0.118. The summed E-state index contributed by atoms with van der Waals surface area (Å²) in [6.45, 7) is 50.4. The Labute approximate surface area is 846 Å². The van der Waals surface area contributed by atoms with Gasteiger partial charge < -0.3 is 17.7 Å². The van der Waals surface area contributed by atoms with Gasteiger partial charge in [0.2, 0.25) is 23.5 Å². The molecule has 0 saturated carbocycles. The number of rotatable bonds is 5. The molecule has 10 heterocycles. The summed E-state index contributed by atoms with van der Waals surface area (Å²) in [5.74, 6) is 4.51. The molecule has 0 spiro atoms. The van der Waals surface area contributed by atoms with Crippen LogP contribution in [0.15, 0.2) is 311 Å². The second kappa shape index (κ2) is 37.1. The van der Waals surface area contributed by atoms with Crippen molar-refractivity contribution in [1.29, 1.82) is 0 Å². The second-order valence-electron chi connectivity index (χ2n) is 42.1. The zero-order valence-corrected chi connectivity index (χ0v) is 88.1. The summed E-state index contributed by atoms with van der Waals surface area (Å²) in [6, 6.07) is 100.0. The Bertz CT molecular complexity index is 8070. The number of fused-ring (bicyclic) bond motifs is 20. The average molecular weight is 1940 g/mol. The van der Waals surface area contributed by atoms with Gasteiger partial charge in [0.1, 0.15) is 28.0 Å². The molecule has 714 valence electrons. The number of para-hydroxylation sites is 3. The predicted molar refractivity (Wildman–Crippen MR) is 601 cm³/mol. The van der Waals surface area contributed by atoms with Crippen LogP contribution in [0, 0.1) is 118 Å². The first-order valence-corrected chi connectivity index (χ1v) is 51.7.